The first-order chi connectivity index (χ1) is 21.0. The molecule has 1 aliphatic heterocycles. The third-order valence-electron chi connectivity index (χ3n) is 9.70. The second-order valence-electron chi connectivity index (χ2n) is 13.3. The number of nitrogens with zero attached hydrogens (tertiary/aromatic N) is 4. The summed E-state index contributed by atoms with van der Waals surface area (Å²) in [5, 5.41) is 3.07. The molecule has 1 aliphatic carbocycles. The summed E-state index contributed by atoms with van der Waals surface area (Å²) in [5.74, 6) is 2.16. The molecule has 1 saturated heterocycles. The van der Waals surface area contributed by atoms with E-state index in [2.05, 4.69) is 77.9 Å². The number of aryl methyl sites for hydroxylation is 2. The van der Waals surface area contributed by atoms with Gasteiger partial charge in [0.1, 0.15) is 5.82 Å². The number of aromatic nitrogens is 2. The predicted octanol–water partition coefficient (Wildman–Crippen LogP) is 5.69. The monoisotopic (exact) mass is 598 g/mol. The summed E-state index contributed by atoms with van der Waals surface area (Å²) in [4.78, 5) is 41.5. The molecule has 8 nitrogen and oxygen atoms in total. The fourth-order valence-electron chi connectivity index (χ4n) is 7.33. The maximum atomic E-state index is 13.9. The second-order valence-corrected chi connectivity index (χ2v) is 13.3. The average molecular weight is 599 g/mol. The van der Waals surface area contributed by atoms with Crippen LogP contribution in [0.1, 0.15) is 72.8 Å². The number of nitrogens with one attached hydrogen (secondary N) is 2. The van der Waals surface area contributed by atoms with Crippen LogP contribution in [-0.4, -0.2) is 66.6 Å². The average Bonchev–Trinajstić information content (AvgIpc) is 2.98. The molecule has 2 aliphatic rings. The smallest absolute Gasteiger partial charge is 0.253 e. The standard InChI is InChI=1S/C36H50N6O2/c1-8-42(30-16-23(2)15-24(3)17-30)33-20-29(28-9-10-34(37-21-28)41-13-11-40(7)12-14-41)19-31(27(33)6)35(43)38-22-32-25(4)18-26(5)39-36(32)44/h9-10,18-21,23-24,30H,8,11-17,22H2,1-7H3,(H,38,43)(H,39,44)/t23-,24-/m0/s1. The molecule has 3 heterocycles. The quantitative estimate of drug-likeness (QED) is 0.346. The van der Waals surface area contributed by atoms with E-state index in [9.17, 15) is 9.59 Å². The molecule has 0 unspecified atom stereocenters. The fraction of sp³-hybridized carbons (Fsp3) is 0.528. The molecule has 0 spiro atoms. The van der Waals surface area contributed by atoms with Gasteiger partial charge in [0.2, 0.25) is 0 Å². The molecular formula is C36H50N6O2. The minimum atomic E-state index is -0.173. The number of carbonyl (C=O) groups is 1. The van der Waals surface area contributed by atoms with Crippen LogP contribution in [0, 0.1) is 32.6 Å². The molecular weight excluding hydrogens is 548 g/mol. The van der Waals surface area contributed by atoms with Gasteiger partial charge in [-0.05, 0) is 113 Å². The maximum Gasteiger partial charge on any atom is 0.253 e. The van der Waals surface area contributed by atoms with E-state index in [4.69, 9.17) is 4.98 Å². The van der Waals surface area contributed by atoms with E-state index >= 15 is 0 Å². The van der Waals surface area contributed by atoms with Crippen molar-refractivity contribution in [2.75, 3.05) is 49.6 Å². The lowest BCUT2D eigenvalue weighted by Crippen LogP contribution is -2.44. The van der Waals surface area contributed by atoms with Crippen LogP contribution in [0.3, 0.4) is 0 Å². The molecule has 1 amide bonds. The van der Waals surface area contributed by atoms with Gasteiger partial charge in [-0.25, -0.2) is 4.98 Å². The van der Waals surface area contributed by atoms with Crippen LogP contribution in [0.5, 0.6) is 0 Å². The highest BCUT2D eigenvalue weighted by atomic mass is 16.1. The molecule has 1 aromatic carbocycles. The fourth-order valence-corrected chi connectivity index (χ4v) is 7.33. The van der Waals surface area contributed by atoms with E-state index in [1.165, 1.54) is 6.42 Å². The van der Waals surface area contributed by atoms with Crippen molar-refractivity contribution < 1.29 is 4.79 Å². The molecule has 2 aromatic heterocycles. The van der Waals surface area contributed by atoms with Gasteiger partial charge in [0.05, 0.1) is 0 Å². The zero-order chi connectivity index (χ0) is 31.5. The summed E-state index contributed by atoms with van der Waals surface area (Å²) in [6.07, 6.45) is 5.52. The number of piperazine rings is 1. The lowest BCUT2D eigenvalue weighted by molar-refractivity contribution is 0.0950. The molecule has 0 bridgehead atoms. The number of hydrogen-bond donors (Lipinski definition) is 2. The van der Waals surface area contributed by atoms with Crippen LogP contribution in [0.25, 0.3) is 11.1 Å². The number of benzene rings is 1. The topological polar surface area (TPSA) is 84.6 Å². The Morgan fingerprint density at radius 1 is 1.00 bits per heavy atom. The second kappa shape index (κ2) is 13.6. The first-order valence-corrected chi connectivity index (χ1v) is 16.3. The first kappa shape index (κ1) is 31.8. The minimum Gasteiger partial charge on any atom is -0.369 e. The van der Waals surface area contributed by atoms with Gasteiger partial charge in [0.15, 0.2) is 0 Å². The third kappa shape index (κ3) is 7.01. The van der Waals surface area contributed by atoms with E-state index in [1.807, 2.05) is 32.2 Å². The van der Waals surface area contributed by atoms with Gasteiger partial charge in [0.25, 0.3) is 11.5 Å². The molecule has 8 heteroatoms. The van der Waals surface area contributed by atoms with Crippen molar-refractivity contribution in [3.63, 3.8) is 0 Å². The highest BCUT2D eigenvalue weighted by molar-refractivity contribution is 5.99. The van der Waals surface area contributed by atoms with E-state index in [-0.39, 0.29) is 18.0 Å². The van der Waals surface area contributed by atoms with Crippen LogP contribution >= 0.6 is 0 Å². The molecule has 1 saturated carbocycles. The molecule has 44 heavy (non-hydrogen) atoms. The van der Waals surface area contributed by atoms with E-state index in [1.54, 1.807) is 0 Å². The Labute approximate surface area is 262 Å². The summed E-state index contributed by atoms with van der Waals surface area (Å²) in [6, 6.07) is 10.8. The number of amides is 1. The van der Waals surface area contributed by atoms with Crippen molar-refractivity contribution in [3.05, 3.63) is 74.8 Å². The Hall–Kier alpha value is -3.65. The Morgan fingerprint density at radius 2 is 1.70 bits per heavy atom. The van der Waals surface area contributed by atoms with Crippen LogP contribution in [0.4, 0.5) is 11.5 Å². The van der Waals surface area contributed by atoms with Gasteiger partial charge < -0.3 is 25.0 Å². The van der Waals surface area contributed by atoms with Crippen LogP contribution < -0.4 is 20.7 Å². The van der Waals surface area contributed by atoms with Crippen molar-refractivity contribution >= 4 is 17.4 Å². The van der Waals surface area contributed by atoms with Gasteiger partial charge in [-0.15, -0.1) is 0 Å². The van der Waals surface area contributed by atoms with Gasteiger partial charge in [0, 0.05) is 79.6 Å². The lowest BCUT2D eigenvalue weighted by atomic mass is 9.79. The summed E-state index contributed by atoms with van der Waals surface area (Å²) in [5.41, 5.74) is 6.80. The van der Waals surface area contributed by atoms with Gasteiger partial charge in [-0.2, -0.15) is 0 Å². The first-order valence-electron chi connectivity index (χ1n) is 16.3. The van der Waals surface area contributed by atoms with E-state index < -0.39 is 0 Å². The summed E-state index contributed by atoms with van der Waals surface area (Å²) >= 11 is 0. The summed E-state index contributed by atoms with van der Waals surface area (Å²) in [6.45, 7) is 17.8. The lowest BCUT2D eigenvalue weighted by Gasteiger charge is -2.41. The maximum absolute atomic E-state index is 13.9. The normalized spacial score (nSPS) is 20.9. The Balaban J connectivity index is 1.50. The number of carbonyl (C=O) groups excluding carboxylic acids is 1. The molecule has 5 rings (SSSR count). The number of anilines is 2. The third-order valence-corrected chi connectivity index (χ3v) is 9.70. The highest BCUT2D eigenvalue weighted by Gasteiger charge is 2.30. The predicted molar refractivity (Wildman–Crippen MR) is 181 cm³/mol. The molecule has 236 valence electrons. The zero-order valence-corrected chi connectivity index (χ0v) is 27.7. The van der Waals surface area contributed by atoms with Crippen molar-refractivity contribution in [2.24, 2.45) is 11.8 Å². The van der Waals surface area contributed by atoms with Crippen LogP contribution in [0.2, 0.25) is 0 Å². The van der Waals surface area contributed by atoms with Crippen LogP contribution in [-0.2, 0) is 6.54 Å². The number of hydrogen-bond acceptors (Lipinski definition) is 6. The van der Waals surface area contributed by atoms with Gasteiger partial charge in [-0.3, -0.25) is 9.59 Å². The number of aromatic amines is 1. The molecule has 2 fully saturated rings. The molecule has 0 radical (unpaired) electrons. The number of likely N-dealkylation sites (N-methyl/N-ethyl adjacent to an activating group) is 1. The van der Waals surface area contributed by atoms with E-state index in [0.717, 1.165) is 85.0 Å². The SMILES string of the molecule is CCN(c1cc(-c2ccc(N3CCN(C)CC3)nc2)cc(C(=O)NCc2c(C)cc(C)[nH]c2=O)c1C)C1C[C@@H](C)C[C@H](C)C1. The summed E-state index contributed by atoms with van der Waals surface area (Å²) in [7, 11) is 2.16. The van der Waals surface area contributed by atoms with Crippen molar-refractivity contribution in [1.82, 2.24) is 20.2 Å². The zero-order valence-electron chi connectivity index (χ0n) is 27.7. The van der Waals surface area contributed by atoms with Gasteiger partial charge >= 0.3 is 0 Å². The number of rotatable bonds is 8. The molecule has 2 N–H and O–H groups in total. The van der Waals surface area contributed by atoms with Crippen molar-refractivity contribution in [1.29, 1.82) is 0 Å². The Morgan fingerprint density at radius 3 is 2.32 bits per heavy atom. The Bertz CT molecular complexity index is 1510. The molecule has 3 aromatic rings. The largest absolute Gasteiger partial charge is 0.369 e. The number of H-pyrrole nitrogens is 1. The Kier molecular flexibility index (Phi) is 9.78. The highest BCUT2D eigenvalue weighted by Crippen LogP contribution is 2.38. The van der Waals surface area contributed by atoms with Gasteiger partial charge in [-0.1, -0.05) is 13.8 Å². The summed E-state index contributed by atoms with van der Waals surface area (Å²) < 4.78 is 0. The molecule has 2 atom stereocenters. The van der Waals surface area contributed by atoms with Crippen molar-refractivity contribution in [3.8, 4) is 11.1 Å². The number of pyridine rings is 2. The van der Waals surface area contributed by atoms with Crippen LogP contribution in [0.15, 0.2) is 41.3 Å². The van der Waals surface area contributed by atoms with E-state index in [0.29, 0.717) is 29.0 Å². The van der Waals surface area contributed by atoms with Crippen molar-refractivity contribution in [2.45, 2.75) is 73.4 Å². The minimum absolute atomic E-state index is 0.154.